The summed E-state index contributed by atoms with van der Waals surface area (Å²) in [6.45, 7) is 1.73. The molecular weight excluding hydrogens is 118 g/mol. The standard InChI is InChI=1S/C6H7NO2.H2/c1-4-5(6(8)9)2-3-7-4;/h2-3,7H,1H3,(H,8,9);1H. The third-order valence-corrected chi connectivity index (χ3v) is 1.18. The van der Waals surface area contributed by atoms with E-state index in [-0.39, 0.29) is 1.43 Å². The summed E-state index contributed by atoms with van der Waals surface area (Å²) in [6, 6.07) is 1.54. The summed E-state index contributed by atoms with van der Waals surface area (Å²) < 4.78 is 0. The number of H-pyrrole nitrogens is 1. The summed E-state index contributed by atoms with van der Waals surface area (Å²) >= 11 is 0. The van der Waals surface area contributed by atoms with E-state index < -0.39 is 5.97 Å². The maximum Gasteiger partial charge on any atom is 0.337 e. The average molecular weight is 127 g/mol. The minimum absolute atomic E-state index is 0. The minimum atomic E-state index is -0.881. The van der Waals surface area contributed by atoms with Gasteiger partial charge >= 0.3 is 5.97 Å². The van der Waals surface area contributed by atoms with Gasteiger partial charge in [-0.25, -0.2) is 4.79 Å². The van der Waals surface area contributed by atoms with Crippen LogP contribution in [0.5, 0.6) is 0 Å². The van der Waals surface area contributed by atoms with Crippen molar-refractivity contribution < 1.29 is 11.3 Å². The molecule has 0 saturated carbocycles. The van der Waals surface area contributed by atoms with Crippen molar-refractivity contribution in [1.82, 2.24) is 4.98 Å². The molecule has 0 bridgehead atoms. The maximum absolute atomic E-state index is 10.3. The summed E-state index contributed by atoms with van der Waals surface area (Å²) in [5, 5.41) is 8.43. The van der Waals surface area contributed by atoms with Crippen LogP contribution < -0.4 is 0 Å². The second-order valence-electron chi connectivity index (χ2n) is 1.82. The fourth-order valence-electron chi connectivity index (χ4n) is 0.684. The second kappa shape index (κ2) is 1.93. The molecule has 9 heavy (non-hydrogen) atoms. The second-order valence-corrected chi connectivity index (χ2v) is 1.82. The smallest absolute Gasteiger partial charge is 0.337 e. The van der Waals surface area contributed by atoms with Gasteiger partial charge in [-0.05, 0) is 13.0 Å². The van der Waals surface area contributed by atoms with Crippen LogP contribution in [-0.2, 0) is 0 Å². The Labute approximate surface area is 53.8 Å². The number of aromatic amines is 1. The quantitative estimate of drug-likeness (QED) is 0.596. The van der Waals surface area contributed by atoms with Crippen molar-refractivity contribution in [2.24, 2.45) is 0 Å². The van der Waals surface area contributed by atoms with Gasteiger partial charge in [0, 0.05) is 13.3 Å². The Balaban J connectivity index is 0.000000810. The van der Waals surface area contributed by atoms with E-state index in [0.717, 1.165) is 0 Å². The lowest BCUT2D eigenvalue weighted by Crippen LogP contribution is -1.95. The van der Waals surface area contributed by atoms with Crippen LogP contribution in [0.4, 0.5) is 0 Å². The van der Waals surface area contributed by atoms with Gasteiger partial charge in [-0.15, -0.1) is 0 Å². The predicted molar refractivity (Wildman–Crippen MR) is 34.6 cm³/mol. The lowest BCUT2D eigenvalue weighted by Gasteiger charge is -1.87. The van der Waals surface area contributed by atoms with E-state index in [9.17, 15) is 4.79 Å². The summed E-state index contributed by atoms with van der Waals surface area (Å²) in [4.78, 5) is 13.0. The topological polar surface area (TPSA) is 53.1 Å². The molecule has 1 aromatic rings. The van der Waals surface area contributed by atoms with E-state index in [1.807, 2.05) is 0 Å². The highest BCUT2D eigenvalue weighted by atomic mass is 16.4. The first-order valence-corrected chi connectivity index (χ1v) is 2.59. The summed E-state index contributed by atoms with van der Waals surface area (Å²) in [7, 11) is 0. The van der Waals surface area contributed by atoms with Crippen molar-refractivity contribution in [3.8, 4) is 0 Å². The van der Waals surface area contributed by atoms with Gasteiger partial charge in [0.2, 0.25) is 0 Å². The Bertz CT molecular complexity index is 231. The Kier molecular flexibility index (Phi) is 1.26. The van der Waals surface area contributed by atoms with Gasteiger partial charge in [0.1, 0.15) is 0 Å². The number of rotatable bonds is 1. The van der Waals surface area contributed by atoms with E-state index in [1.165, 1.54) is 6.07 Å². The number of carboxylic acid groups (broad SMARTS) is 1. The molecule has 0 saturated heterocycles. The van der Waals surface area contributed by atoms with Gasteiger partial charge in [-0.1, -0.05) is 0 Å². The summed E-state index contributed by atoms with van der Waals surface area (Å²) in [6.07, 6.45) is 1.61. The molecule has 1 heterocycles. The number of aryl methyl sites for hydroxylation is 1. The van der Waals surface area contributed by atoms with Crippen molar-refractivity contribution in [1.29, 1.82) is 0 Å². The number of aromatic carboxylic acids is 1. The minimum Gasteiger partial charge on any atom is -0.478 e. The molecule has 0 amide bonds. The largest absolute Gasteiger partial charge is 0.478 e. The molecule has 0 aliphatic rings. The van der Waals surface area contributed by atoms with E-state index in [0.29, 0.717) is 11.3 Å². The Hall–Kier alpha value is -1.25. The number of aromatic nitrogens is 1. The first kappa shape index (κ1) is 5.88. The Morgan fingerprint density at radius 2 is 2.56 bits per heavy atom. The zero-order chi connectivity index (χ0) is 6.85. The zero-order valence-corrected chi connectivity index (χ0v) is 5.01. The lowest BCUT2D eigenvalue weighted by atomic mass is 10.3. The van der Waals surface area contributed by atoms with Crippen LogP contribution in [0.3, 0.4) is 0 Å². The molecule has 0 fully saturated rings. The highest BCUT2D eigenvalue weighted by Crippen LogP contribution is 2.02. The molecule has 0 unspecified atom stereocenters. The molecule has 0 aliphatic carbocycles. The SMILES string of the molecule is Cc1[nH]ccc1C(=O)O.[HH]. The van der Waals surface area contributed by atoms with Gasteiger partial charge in [-0.3, -0.25) is 0 Å². The highest BCUT2D eigenvalue weighted by molar-refractivity contribution is 5.88. The number of carbonyl (C=O) groups is 1. The number of nitrogens with one attached hydrogen (secondary N) is 1. The molecule has 0 atom stereocenters. The Morgan fingerprint density at radius 3 is 2.78 bits per heavy atom. The highest BCUT2D eigenvalue weighted by Gasteiger charge is 2.04. The van der Waals surface area contributed by atoms with Crippen LogP contribution in [0.2, 0.25) is 0 Å². The van der Waals surface area contributed by atoms with Crippen LogP contribution in [0.25, 0.3) is 0 Å². The maximum atomic E-state index is 10.3. The van der Waals surface area contributed by atoms with Gasteiger partial charge in [-0.2, -0.15) is 0 Å². The molecule has 0 aromatic carbocycles. The van der Waals surface area contributed by atoms with E-state index >= 15 is 0 Å². The van der Waals surface area contributed by atoms with Crippen molar-refractivity contribution >= 4 is 5.97 Å². The van der Waals surface area contributed by atoms with Crippen molar-refractivity contribution in [2.45, 2.75) is 6.92 Å². The number of hydrogen-bond acceptors (Lipinski definition) is 1. The van der Waals surface area contributed by atoms with Crippen molar-refractivity contribution in [2.75, 3.05) is 0 Å². The molecule has 50 valence electrons. The van der Waals surface area contributed by atoms with E-state index in [1.54, 1.807) is 13.1 Å². The molecule has 3 nitrogen and oxygen atoms in total. The zero-order valence-electron chi connectivity index (χ0n) is 5.01. The monoisotopic (exact) mass is 127 g/mol. The number of hydrogen-bond donors (Lipinski definition) is 2. The average Bonchev–Trinajstić information content (AvgIpc) is 2.13. The van der Waals surface area contributed by atoms with E-state index in [2.05, 4.69) is 4.98 Å². The third-order valence-electron chi connectivity index (χ3n) is 1.18. The molecule has 1 aromatic heterocycles. The van der Waals surface area contributed by atoms with Crippen molar-refractivity contribution in [3.05, 3.63) is 23.5 Å². The van der Waals surface area contributed by atoms with Gasteiger partial charge in [0.15, 0.2) is 0 Å². The molecule has 1 rings (SSSR count). The molecule has 0 spiro atoms. The molecule has 2 N–H and O–H groups in total. The molecule has 0 aliphatic heterocycles. The van der Waals surface area contributed by atoms with Gasteiger partial charge < -0.3 is 10.1 Å². The predicted octanol–water partition coefficient (Wildman–Crippen LogP) is 1.27. The fraction of sp³-hybridized carbons (Fsp3) is 0.167. The number of carboxylic acids is 1. The van der Waals surface area contributed by atoms with Crippen LogP contribution in [0.15, 0.2) is 12.3 Å². The normalized spacial score (nSPS) is 9.44. The molecule has 0 radical (unpaired) electrons. The van der Waals surface area contributed by atoms with Crippen LogP contribution in [0, 0.1) is 6.92 Å². The van der Waals surface area contributed by atoms with Crippen molar-refractivity contribution in [3.63, 3.8) is 0 Å². The first-order chi connectivity index (χ1) is 4.22. The van der Waals surface area contributed by atoms with Gasteiger partial charge in [0.25, 0.3) is 0 Å². The fourth-order valence-corrected chi connectivity index (χ4v) is 0.684. The van der Waals surface area contributed by atoms with Crippen LogP contribution in [-0.4, -0.2) is 16.1 Å². The Morgan fingerprint density at radius 1 is 1.89 bits per heavy atom. The summed E-state index contributed by atoms with van der Waals surface area (Å²) in [5.41, 5.74) is 1.04. The van der Waals surface area contributed by atoms with Crippen LogP contribution >= 0.6 is 0 Å². The van der Waals surface area contributed by atoms with E-state index in [4.69, 9.17) is 5.11 Å². The van der Waals surface area contributed by atoms with Gasteiger partial charge in [0.05, 0.1) is 5.56 Å². The first-order valence-electron chi connectivity index (χ1n) is 2.59. The van der Waals surface area contributed by atoms with Crippen LogP contribution in [0.1, 0.15) is 17.5 Å². The third kappa shape index (κ3) is 0.937. The lowest BCUT2D eigenvalue weighted by molar-refractivity contribution is 0.0696. The molecule has 3 heteroatoms. The molecular formula is C6H9NO2. The summed E-state index contributed by atoms with van der Waals surface area (Å²) in [5.74, 6) is -0.881.